The van der Waals surface area contributed by atoms with Crippen LogP contribution >= 0.6 is 11.6 Å². The van der Waals surface area contributed by atoms with E-state index in [1.165, 1.54) is 0 Å². The van der Waals surface area contributed by atoms with Gasteiger partial charge < -0.3 is 4.74 Å². The SMILES string of the molecule is CCOC(Cc1cccnc1Cl)=NC#N. The summed E-state index contributed by atoms with van der Waals surface area (Å²) in [7, 11) is 0. The first kappa shape index (κ1) is 11.5. The lowest BCUT2D eigenvalue weighted by Gasteiger charge is -2.06. The van der Waals surface area contributed by atoms with Gasteiger partial charge in [-0.3, -0.25) is 0 Å². The normalized spacial score (nSPS) is 10.9. The number of nitriles is 1. The topological polar surface area (TPSA) is 58.3 Å². The summed E-state index contributed by atoms with van der Waals surface area (Å²) in [4.78, 5) is 7.49. The van der Waals surface area contributed by atoms with Gasteiger partial charge in [-0.15, -0.1) is 4.99 Å². The summed E-state index contributed by atoms with van der Waals surface area (Å²) >= 11 is 5.86. The summed E-state index contributed by atoms with van der Waals surface area (Å²) in [5.41, 5.74) is 0.793. The highest BCUT2D eigenvalue weighted by molar-refractivity contribution is 6.30. The molecule has 0 N–H and O–H groups in total. The molecule has 1 aromatic heterocycles. The van der Waals surface area contributed by atoms with Crippen LogP contribution in [0, 0.1) is 11.5 Å². The van der Waals surface area contributed by atoms with Gasteiger partial charge in [-0.1, -0.05) is 17.7 Å². The van der Waals surface area contributed by atoms with Gasteiger partial charge in [-0.2, -0.15) is 5.26 Å². The van der Waals surface area contributed by atoms with Crippen LogP contribution in [0.3, 0.4) is 0 Å². The Morgan fingerprint density at radius 2 is 2.53 bits per heavy atom. The van der Waals surface area contributed by atoms with Crippen molar-refractivity contribution in [1.82, 2.24) is 4.98 Å². The Balaban J connectivity index is 2.80. The third-order valence-corrected chi connectivity index (χ3v) is 2.00. The molecule has 4 nitrogen and oxygen atoms in total. The number of halogens is 1. The predicted molar refractivity (Wildman–Crippen MR) is 57.6 cm³/mol. The first-order valence-corrected chi connectivity index (χ1v) is 4.83. The van der Waals surface area contributed by atoms with Gasteiger partial charge in [0.15, 0.2) is 0 Å². The molecule has 15 heavy (non-hydrogen) atoms. The van der Waals surface area contributed by atoms with E-state index >= 15 is 0 Å². The number of aliphatic imine (C=N–C) groups is 1. The smallest absolute Gasteiger partial charge is 0.208 e. The first-order valence-electron chi connectivity index (χ1n) is 4.45. The van der Waals surface area contributed by atoms with E-state index in [0.717, 1.165) is 5.56 Å². The zero-order valence-corrected chi connectivity index (χ0v) is 9.03. The molecule has 0 saturated carbocycles. The fraction of sp³-hybridized carbons (Fsp3) is 0.300. The number of aromatic nitrogens is 1. The van der Waals surface area contributed by atoms with E-state index in [1.807, 2.05) is 13.0 Å². The summed E-state index contributed by atoms with van der Waals surface area (Å²) in [5.74, 6) is 0.356. The Bertz CT molecular complexity index is 398. The molecule has 0 fully saturated rings. The van der Waals surface area contributed by atoms with E-state index in [-0.39, 0.29) is 0 Å². The monoisotopic (exact) mass is 223 g/mol. The summed E-state index contributed by atoms with van der Waals surface area (Å²) < 4.78 is 5.18. The van der Waals surface area contributed by atoms with Gasteiger partial charge in [-0.05, 0) is 18.6 Å². The fourth-order valence-electron chi connectivity index (χ4n) is 1.06. The molecular formula is C10H10ClN3O. The van der Waals surface area contributed by atoms with Crippen LogP contribution in [0.1, 0.15) is 12.5 Å². The second-order valence-corrected chi connectivity index (χ2v) is 3.03. The maximum Gasteiger partial charge on any atom is 0.208 e. The van der Waals surface area contributed by atoms with Crippen molar-refractivity contribution >= 4 is 17.5 Å². The number of hydrogen-bond donors (Lipinski definition) is 0. The lowest BCUT2D eigenvalue weighted by molar-refractivity contribution is 0.320. The molecule has 0 saturated heterocycles. The lowest BCUT2D eigenvalue weighted by Crippen LogP contribution is -2.08. The second-order valence-electron chi connectivity index (χ2n) is 2.67. The van der Waals surface area contributed by atoms with Gasteiger partial charge in [0, 0.05) is 6.20 Å². The zero-order valence-electron chi connectivity index (χ0n) is 8.27. The quantitative estimate of drug-likeness (QED) is 0.342. The standard InChI is InChI=1S/C10H10ClN3O/c1-2-15-9(14-7-12)6-8-4-3-5-13-10(8)11/h3-5H,2,6H2,1H3. The third kappa shape index (κ3) is 3.56. The predicted octanol–water partition coefficient (Wildman–Crippen LogP) is 2.19. The number of rotatable bonds is 3. The minimum absolute atomic E-state index is 0.356. The fourth-order valence-corrected chi connectivity index (χ4v) is 1.25. The zero-order chi connectivity index (χ0) is 11.1. The van der Waals surface area contributed by atoms with Crippen LogP contribution in [0.25, 0.3) is 0 Å². The van der Waals surface area contributed by atoms with Crippen molar-refractivity contribution in [2.75, 3.05) is 6.61 Å². The molecule has 0 atom stereocenters. The highest BCUT2D eigenvalue weighted by Gasteiger charge is 2.06. The molecule has 1 aromatic rings. The summed E-state index contributed by atoms with van der Waals surface area (Å²) in [6, 6.07) is 3.60. The molecule has 1 rings (SSSR count). The largest absolute Gasteiger partial charge is 0.480 e. The van der Waals surface area contributed by atoms with Gasteiger partial charge in [0.1, 0.15) is 5.15 Å². The van der Waals surface area contributed by atoms with Gasteiger partial charge in [0.05, 0.1) is 13.0 Å². The molecule has 0 spiro atoms. The maximum atomic E-state index is 8.44. The summed E-state index contributed by atoms with van der Waals surface area (Å²) in [6.45, 7) is 2.30. The van der Waals surface area contributed by atoms with Crippen LogP contribution in [-0.4, -0.2) is 17.5 Å². The van der Waals surface area contributed by atoms with Crippen LogP contribution in [-0.2, 0) is 11.2 Å². The van der Waals surface area contributed by atoms with Crippen LogP contribution in [0.15, 0.2) is 23.3 Å². The molecule has 0 aliphatic heterocycles. The van der Waals surface area contributed by atoms with Gasteiger partial charge in [0.25, 0.3) is 0 Å². The van der Waals surface area contributed by atoms with E-state index < -0.39 is 0 Å². The highest BCUT2D eigenvalue weighted by atomic mass is 35.5. The Morgan fingerprint density at radius 1 is 1.73 bits per heavy atom. The highest BCUT2D eigenvalue weighted by Crippen LogP contribution is 2.12. The molecule has 0 unspecified atom stereocenters. The average molecular weight is 224 g/mol. The molecule has 1 heterocycles. The number of pyridine rings is 1. The lowest BCUT2D eigenvalue weighted by atomic mass is 10.2. The molecule has 0 radical (unpaired) electrons. The van der Waals surface area contributed by atoms with Crippen molar-refractivity contribution in [3.05, 3.63) is 29.0 Å². The van der Waals surface area contributed by atoms with Crippen molar-refractivity contribution < 1.29 is 4.74 Å². The molecule has 0 amide bonds. The molecule has 0 aliphatic carbocycles. The van der Waals surface area contributed by atoms with E-state index in [1.54, 1.807) is 18.5 Å². The molecule has 0 bridgehead atoms. The minimum Gasteiger partial charge on any atom is -0.480 e. The summed E-state index contributed by atoms with van der Waals surface area (Å²) in [5, 5.41) is 8.85. The second kappa shape index (κ2) is 5.99. The van der Waals surface area contributed by atoms with E-state index in [4.69, 9.17) is 21.6 Å². The van der Waals surface area contributed by atoms with Crippen molar-refractivity contribution in [3.63, 3.8) is 0 Å². The third-order valence-electron chi connectivity index (χ3n) is 1.66. The first-order chi connectivity index (χ1) is 7.27. The van der Waals surface area contributed by atoms with E-state index in [9.17, 15) is 0 Å². The van der Waals surface area contributed by atoms with Gasteiger partial charge in [-0.25, -0.2) is 4.98 Å². The number of ether oxygens (including phenoxy) is 1. The minimum atomic E-state index is 0.356. The maximum absolute atomic E-state index is 8.44. The molecular weight excluding hydrogens is 214 g/mol. The Labute approximate surface area is 93.2 Å². The van der Waals surface area contributed by atoms with Crippen molar-refractivity contribution in [2.24, 2.45) is 4.99 Å². The number of nitrogens with zero attached hydrogens (tertiary/aromatic N) is 3. The van der Waals surface area contributed by atoms with Crippen LogP contribution in [0.2, 0.25) is 5.15 Å². The average Bonchev–Trinajstić information content (AvgIpc) is 2.22. The molecule has 0 aliphatic rings. The van der Waals surface area contributed by atoms with Gasteiger partial charge in [0.2, 0.25) is 12.1 Å². The Morgan fingerprint density at radius 3 is 3.13 bits per heavy atom. The van der Waals surface area contributed by atoms with E-state index in [0.29, 0.717) is 24.1 Å². The molecule has 5 heteroatoms. The Kier molecular flexibility index (Phi) is 4.58. The Hall–Kier alpha value is -1.60. The summed E-state index contributed by atoms with van der Waals surface area (Å²) in [6.07, 6.45) is 3.68. The van der Waals surface area contributed by atoms with Crippen molar-refractivity contribution in [1.29, 1.82) is 5.26 Å². The molecule has 78 valence electrons. The van der Waals surface area contributed by atoms with Crippen LogP contribution < -0.4 is 0 Å². The van der Waals surface area contributed by atoms with Crippen LogP contribution in [0.4, 0.5) is 0 Å². The van der Waals surface area contributed by atoms with Crippen LogP contribution in [0.5, 0.6) is 0 Å². The van der Waals surface area contributed by atoms with Gasteiger partial charge >= 0.3 is 0 Å². The van der Waals surface area contributed by atoms with Crippen molar-refractivity contribution in [3.8, 4) is 6.19 Å². The van der Waals surface area contributed by atoms with Crippen molar-refractivity contribution in [2.45, 2.75) is 13.3 Å². The number of hydrogen-bond acceptors (Lipinski definition) is 4. The van der Waals surface area contributed by atoms with E-state index in [2.05, 4.69) is 9.98 Å². The molecule has 0 aromatic carbocycles.